The van der Waals surface area contributed by atoms with Crippen LogP contribution in [0.2, 0.25) is 5.02 Å². The van der Waals surface area contributed by atoms with Crippen molar-refractivity contribution in [3.8, 4) is 11.1 Å². The maximum Gasteiger partial charge on any atom is 0.0490 e. The Morgan fingerprint density at radius 1 is 0.773 bits per heavy atom. The predicted octanol–water partition coefficient (Wildman–Crippen LogP) is 6.88. The van der Waals surface area contributed by atoms with Crippen LogP contribution in [0.5, 0.6) is 0 Å². The van der Waals surface area contributed by atoms with Gasteiger partial charge in [0.1, 0.15) is 0 Å². The Balaban J connectivity index is 2.07. The molecule has 0 amide bonds. The van der Waals surface area contributed by atoms with Gasteiger partial charge in [0.15, 0.2) is 0 Å². The first-order valence-corrected chi connectivity index (χ1v) is 8.19. The van der Waals surface area contributed by atoms with Crippen molar-refractivity contribution >= 4 is 49.1 Å². The van der Waals surface area contributed by atoms with Crippen LogP contribution in [-0.4, -0.2) is 0 Å². The van der Waals surface area contributed by atoms with E-state index in [1.807, 2.05) is 12.1 Å². The van der Waals surface area contributed by atoms with Crippen LogP contribution in [0, 0.1) is 6.07 Å². The van der Waals surface area contributed by atoms with Crippen molar-refractivity contribution in [3.05, 3.63) is 82.3 Å². The Bertz CT molecular complexity index is 1000. The van der Waals surface area contributed by atoms with Crippen molar-refractivity contribution in [2.24, 2.45) is 0 Å². The molecule has 0 aliphatic carbocycles. The monoisotopic (exact) mass is 365 g/mol. The normalized spacial score (nSPS) is 11.2. The molecule has 0 aliphatic heterocycles. The van der Waals surface area contributed by atoms with Crippen molar-refractivity contribution in [3.63, 3.8) is 0 Å². The van der Waals surface area contributed by atoms with Gasteiger partial charge in [0.2, 0.25) is 0 Å². The van der Waals surface area contributed by atoms with Crippen LogP contribution in [-0.2, 0) is 0 Å². The molecule has 4 aromatic rings. The Kier molecular flexibility index (Phi) is 3.40. The number of rotatable bonds is 1. The summed E-state index contributed by atoms with van der Waals surface area (Å²) < 4.78 is 1.06. The Hall–Kier alpha value is -1.83. The van der Waals surface area contributed by atoms with Gasteiger partial charge in [-0.15, -0.1) is 0 Å². The number of halogens is 2. The first-order valence-electron chi connectivity index (χ1n) is 7.02. The van der Waals surface area contributed by atoms with E-state index in [0.29, 0.717) is 0 Å². The van der Waals surface area contributed by atoms with Gasteiger partial charge >= 0.3 is 0 Å². The minimum atomic E-state index is 0.732. The van der Waals surface area contributed by atoms with Crippen molar-refractivity contribution in [1.29, 1.82) is 0 Å². The van der Waals surface area contributed by atoms with E-state index in [0.717, 1.165) is 31.4 Å². The third-order valence-corrected chi connectivity index (χ3v) is 4.86. The second-order valence-electron chi connectivity index (χ2n) is 5.22. The lowest BCUT2D eigenvalue weighted by Crippen LogP contribution is -1.85. The molecule has 0 nitrogen and oxygen atoms in total. The molecular weight excluding hydrogens is 356 g/mol. The molecule has 0 fully saturated rings. The topological polar surface area (TPSA) is 0 Å². The largest absolute Gasteiger partial charge is 0.0836 e. The zero-order chi connectivity index (χ0) is 15.1. The molecule has 0 aliphatic rings. The van der Waals surface area contributed by atoms with E-state index in [4.69, 9.17) is 11.6 Å². The number of fused-ring (bicyclic) bond motifs is 2. The molecule has 1 radical (unpaired) electrons. The highest BCUT2D eigenvalue weighted by molar-refractivity contribution is 9.10. The molecule has 0 heterocycles. The Labute approximate surface area is 142 Å². The van der Waals surface area contributed by atoms with Crippen LogP contribution in [0.1, 0.15) is 0 Å². The van der Waals surface area contributed by atoms with Crippen LogP contribution in [0.25, 0.3) is 32.7 Å². The van der Waals surface area contributed by atoms with Gasteiger partial charge in [-0.2, -0.15) is 0 Å². The Morgan fingerprint density at radius 3 is 2.45 bits per heavy atom. The van der Waals surface area contributed by atoms with Gasteiger partial charge in [0.25, 0.3) is 0 Å². The van der Waals surface area contributed by atoms with E-state index in [1.54, 1.807) is 0 Å². The van der Waals surface area contributed by atoms with Gasteiger partial charge < -0.3 is 0 Å². The van der Waals surface area contributed by atoms with Crippen LogP contribution in [0.3, 0.4) is 0 Å². The van der Waals surface area contributed by atoms with Gasteiger partial charge in [-0.1, -0.05) is 82.1 Å². The molecule has 105 valence electrons. The summed E-state index contributed by atoms with van der Waals surface area (Å²) in [5.41, 5.74) is 2.20. The van der Waals surface area contributed by atoms with E-state index in [2.05, 4.69) is 76.6 Å². The summed E-state index contributed by atoms with van der Waals surface area (Å²) in [7, 11) is 0. The lowest BCUT2D eigenvalue weighted by Gasteiger charge is -2.11. The van der Waals surface area contributed by atoms with Crippen molar-refractivity contribution < 1.29 is 0 Å². The van der Waals surface area contributed by atoms with Crippen molar-refractivity contribution in [1.82, 2.24) is 0 Å². The zero-order valence-corrected chi connectivity index (χ0v) is 13.9. The first kappa shape index (κ1) is 13.8. The average Bonchev–Trinajstić information content (AvgIpc) is 2.55. The summed E-state index contributed by atoms with van der Waals surface area (Å²) in [6.07, 6.45) is 0. The smallest absolute Gasteiger partial charge is 0.0490 e. The van der Waals surface area contributed by atoms with E-state index in [9.17, 15) is 0 Å². The standard InChI is InChI=1S/C20H11BrCl/c21-18-11-10-13-4-1-2-6-16(13)20(18)15-9-8-14-5-3-7-19(22)17(14)12-15/h1-11H. The molecule has 0 N–H and O–H groups in total. The van der Waals surface area contributed by atoms with E-state index in [-0.39, 0.29) is 0 Å². The molecule has 0 spiro atoms. The summed E-state index contributed by atoms with van der Waals surface area (Å²) in [4.78, 5) is 0. The van der Waals surface area contributed by atoms with Crippen LogP contribution < -0.4 is 0 Å². The summed E-state index contributed by atoms with van der Waals surface area (Å²) in [5.74, 6) is 0. The third-order valence-electron chi connectivity index (χ3n) is 3.88. The van der Waals surface area contributed by atoms with Gasteiger partial charge in [0.05, 0.1) is 0 Å². The van der Waals surface area contributed by atoms with Crippen molar-refractivity contribution in [2.75, 3.05) is 0 Å². The van der Waals surface area contributed by atoms with Crippen LogP contribution in [0.15, 0.2) is 71.2 Å². The zero-order valence-electron chi connectivity index (χ0n) is 11.6. The average molecular weight is 367 g/mol. The molecule has 4 aromatic carbocycles. The quantitative estimate of drug-likeness (QED) is 0.344. The van der Waals surface area contributed by atoms with Gasteiger partial charge in [-0.3, -0.25) is 0 Å². The molecule has 0 unspecified atom stereocenters. The third kappa shape index (κ3) is 2.22. The summed E-state index contributed by atoms with van der Waals surface area (Å²) in [6.45, 7) is 0. The van der Waals surface area contributed by atoms with E-state index >= 15 is 0 Å². The Morgan fingerprint density at radius 2 is 1.55 bits per heavy atom. The molecule has 0 bridgehead atoms. The van der Waals surface area contributed by atoms with Gasteiger partial charge in [0, 0.05) is 26.5 Å². The molecule has 2 heteroatoms. The molecule has 22 heavy (non-hydrogen) atoms. The molecule has 0 saturated heterocycles. The fourth-order valence-corrected chi connectivity index (χ4v) is 3.61. The lowest BCUT2D eigenvalue weighted by atomic mass is 9.96. The van der Waals surface area contributed by atoms with Crippen LogP contribution in [0.4, 0.5) is 0 Å². The molecule has 0 atom stereocenters. The van der Waals surface area contributed by atoms with E-state index < -0.39 is 0 Å². The van der Waals surface area contributed by atoms with Gasteiger partial charge in [-0.25, -0.2) is 0 Å². The van der Waals surface area contributed by atoms with E-state index in [1.165, 1.54) is 10.8 Å². The molecule has 0 aromatic heterocycles. The lowest BCUT2D eigenvalue weighted by molar-refractivity contribution is 1.64. The van der Waals surface area contributed by atoms with Crippen molar-refractivity contribution in [2.45, 2.75) is 0 Å². The predicted molar refractivity (Wildman–Crippen MR) is 98.4 cm³/mol. The first-order chi connectivity index (χ1) is 10.7. The minimum Gasteiger partial charge on any atom is -0.0836 e. The van der Waals surface area contributed by atoms with Crippen LogP contribution >= 0.6 is 27.5 Å². The number of hydrogen-bond acceptors (Lipinski definition) is 0. The minimum absolute atomic E-state index is 0.732. The fourth-order valence-electron chi connectivity index (χ4n) is 2.83. The molecule has 4 rings (SSSR count). The summed E-state index contributed by atoms with van der Waals surface area (Å²) in [6, 6.07) is 26.2. The SMILES string of the molecule is Clc1cccc2ccc(-c3c(Br)ccc4ccccc34)[c]c12. The maximum atomic E-state index is 6.33. The number of benzene rings is 4. The highest BCUT2D eigenvalue weighted by atomic mass is 79.9. The number of hydrogen-bond donors (Lipinski definition) is 0. The maximum absolute atomic E-state index is 6.33. The second kappa shape index (κ2) is 5.42. The van der Waals surface area contributed by atoms with Gasteiger partial charge in [-0.05, 0) is 33.9 Å². The highest BCUT2D eigenvalue weighted by Crippen LogP contribution is 2.37. The molecule has 0 saturated carbocycles. The summed E-state index contributed by atoms with van der Waals surface area (Å²) >= 11 is 10.0. The molecular formula is C20H11BrCl. The highest BCUT2D eigenvalue weighted by Gasteiger charge is 2.10. The fraction of sp³-hybridized carbons (Fsp3) is 0. The second-order valence-corrected chi connectivity index (χ2v) is 6.48. The summed E-state index contributed by atoms with van der Waals surface area (Å²) in [5, 5.41) is 5.22.